The van der Waals surface area contributed by atoms with Gasteiger partial charge in [0.1, 0.15) is 11.6 Å². The fraction of sp³-hybridized carbons (Fsp3) is 0.538. The van der Waals surface area contributed by atoms with Gasteiger partial charge in [-0.25, -0.2) is 4.98 Å². The highest BCUT2D eigenvalue weighted by atomic mass is 35.5. The first kappa shape index (κ1) is 22.5. The molecule has 1 aliphatic carbocycles. The lowest BCUT2D eigenvalue weighted by atomic mass is 10.0. The lowest BCUT2D eigenvalue weighted by Gasteiger charge is -2.26. The van der Waals surface area contributed by atoms with E-state index in [1.807, 2.05) is 30.3 Å². The third-order valence-corrected chi connectivity index (χ3v) is 7.15. The number of pyridine rings is 1. The van der Waals surface area contributed by atoms with Crippen molar-refractivity contribution < 1.29 is 9.53 Å². The number of amides is 1. The van der Waals surface area contributed by atoms with E-state index in [1.54, 1.807) is 6.20 Å². The molecule has 1 aromatic carbocycles. The van der Waals surface area contributed by atoms with Crippen LogP contribution in [0.3, 0.4) is 0 Å². The minimum Gasteiger partial charge on any atom is -0.489 e. The summed E-state index contributed by atoms with van der Waals surface area (Å²) in [6.45, 7) is 4.68. The zero-order valence-electron chi connectivity index (χ0n) is 19.1. The zero-order valence-corrected chi connectivity index (χ0v) is 19.8. The van der Waals surface area contributed by atoms with Crippen LogP contribution in [0.25, 0.3) is 0 Å². The van der Waals surface area contributed by atoms with Crippen LogP contribution in [0.1, 0.15) is 37.7 Å². The molecule has 2 aliphatic heterocycles. The number of benzene rings is 1. The predicted molar refractivity (Wildman–Crippen MR) is 131 cm³/mol. The molecule has 0 spiro atoms. The van der Waals surface area contributed by atoms with Gasteiger partial charge in [0.25, 0.3) is 0 Å². The van der Waals surface area contributed by atoms with Gasteiger partial charge in [-0.1, -0.05) is 23.7 Å². The van der Waals surface area contributed by atoms with Crippen LogP contribution in [0.2, 0.25) is 5.02 Å². The molecule has 3 heterocycles. The third kappa shape index (κ3) is 5.98. The van der Waals surface area contributed by atoms with E-state index in [0.29, 0.717) is 11.1 Å². The number of hydrogen-bond donors (Lipinski definition) is 1. The quantitative estimate of drug-likeness (QED) is 0.604. The van der Waals surface area contributed by atoms with Crippen LogP contribution in [0.4, 0.5) is 5.82 Å². The van der Waals surface area contributed by atoms with E-state index < -0.39 is 0 Å². The van der Waals surface area contributed by atoms with Crippen LogP contribution in [0.5, 0.6) is 5.75 Å². The van der Waals surface area contributed by atoms with Crippen LogP contribution in [-0.4, -0.2) is 60.7 Å². The molecule has 7 heteroatoms. The summed E-state index contributed by atoms with van der Waals surface area (Å²) in [4.78, 5) is 22.3. The lowest BCUT2D eigenvalue weighted by molar-refractivity contribution is -0.125. The molecule has 1 N–H and O–H groups in total. The van der Waals surface area contributed by atoms with Crippen molar-refractivity contribution in [3.05, 3.63) is 53.2 Å². The molecule has 1 amide bonds. The number of anilines is 1. The minimum atomic E-state index is -0.00834. The Hall–Kier alpha value is -2.31. The number of aromatic nitrogens is 1. The molecule has 2 aromatic rings. The van der Waals surface area contributed by atoms with Crippen molar-refractivity contribution in [3.8, 4) is 5.75 Å². The van der Waals surface area contributed by atoms with Gasteiger partial charge in [-0.2, -0.15) is 0 Å². The molecule has 6 nitrogen and oxygen atoms in total. The highest BCUT2D eigenvalue weighted by molar-refractivity contribution is 6.32. The molecule has 2 saturated heterocycles. The van der Waals surface area contributed by atoms with Gasteiger partial charge in [-0.3, -0.25) is 4.79 Å². The van der Waals surface area contributed by atoms with Gasteiger partial charge in [-0.15, -0.1) is 0 Å². The highest BCUT2D eigenvalue weighted by Crippen LogP contribution is 2.32. The van der Waals surface area contributed by atoms with E-state index in [2.05, 4.69) is 26.2 Å². The zero-order chi connectivity index (χ0) is 22.6. The average molecular weight is 469 g/mol. The van der Waals surface area contributed by atoms with Crippen LogP contribution >= 0.6 is 11.6 Å². The monoisotopic (exact) mass is 468 g/mol. The van der Waals surface area contributed by atoms with E-state index in [4.69, 9.17) is 16.3 Å². The summed E-state index contributed by atoms with van der Waals surface area (Å²) in [5, 5.41) is 4.04. The van der Waals surface area contributed by atoms with Crippen molar-refractivity contribution in [1.29, 1.82) is 0 Å². The average Bonchev–Trinajstić information content (AvgIpc) is 3.26. The van der Waals surface area contributed by atoms with Crippen LogP contribution in [0, 0.1) is 5.92 Å². The molecule has 3 fully saturated rings. The summed E-state index contributed by atoms with van der Waals surface area (Å²) in [5.74, 6) is 1.86. The second-order valence-electron chi connectivity index (χ2n) is 9.62. The summed E-state index contributed by atoms with van der Waals surface area (Å²) < 4.78 is 5.88. The Morgan fingerprint density at radius 1 is 1.15 bits per heavy atom. The Labute approximate surface area is 201 Å². The molecule has 0 radical (unpaired) electrons. The maximum absolute atomic E-state index is 13.2. The van der Waals surface area contributed by atoms with E-state index >= 15 is 0 Å². The SMILES string of the molecule is O=C(NC(Cc1ccc(OC2CC2)c(Cl)c1)CN1CCCC1)[C@@H]1CCN(c2ccccn2)C1. The van der Waals surface area contributed by atoms with Gasteiger partial charge < -0.3 is 19.9 Å². The predicted octanol–water partition coefficient (Wildman–Crippen LogP) is 3.93. The van der Waals surface area contributed by atoms with Crippen molar-refractivity contribution in [1.82, 2.24) is 15.2 Å². The van der Waals surface area contributed by atoms with Gasteiger partial charge in [0, 0.05) is 31.9 Å². The summed E-state index contributed by atoms with van der Waals surface area (Å²) in [7, 11) is 0. The fourth-order valence-electron chi connectivity index (χ4n) is 4.90. The molecule has 2 atom stereocenters. The van der Waals surface area contributed by atoms with E-state index in [0.717, 1.165) is 75.5 Å². The smallest absolute Gasteiger partial charge is 0.225 e. The number of carbonyl (C=O) groups excluding carboxylic acids is 1. The van der Waals surface area contributed by atoms with Gasteiger partial charge in [0.05, 0.1) is 17.0 Å². The Balaban J connectivity index is 1.22. The second kappa shape index (κ2) is 10.3. The fourth-order valence-corrected chi connectivity index (χ4v) is 5.14. The number of likely N-dealkylation sites (tertiary alicyclic amines) is 1. The number of rotatable bonds is 9. The lowest BCUT2D eigenvalue weighted by Crippen LogP contribution is -2.46. The van der Waals surface area contributed by atoms with Crippen molar-refractivity contribution >= 4 is 23.3 Å². The molecule has 33 heavy (non-hydrogen) atoms. The number of carbonyl (C=O) groups is 1. The van der Waals surface area contributed by atoms with Crippen molar-refractivity contribution in [2.75, 3.05) is 37.6 Å². The minimum absolute atomic E-state index is 0.00834. The molecular weight excluding hydrogens is 436 g/mol. The van der Waals surface area contributed by atoms with E-state index in [1.165, 1.54) is 12.8 Å². The van der Waals surface area contributed by atoms with Crippen LogP contribution in [-0.2, 0) is 11.2 Å². The Morgan fingerprint density at radius 2 is 2.00 bits per heavy atom. The first-order chi connectivity index (χ1) is 16.1. The number of ether oxygens (including phenoxy) is 1. The highest BCUT2D eigenvalue weighted by Gasteiger charge is 2.31. The number of nitrogens with one attached hydrogen (secondary N) is 1. The maximum atomic E-state index is 13.2. The van der Waals surface area contributed by atoms with Crippen molar-refractivity contribution in [2.45, 2.75) is 50.7 Å². The summed E-state index contributed by atoms with van der Waals surface area (Å²) in [6, 6.07) is 12.1. The maximum Gasteiger partial charge on any atom is 0.225 e. The molecule has 176 valence electrons. The number of halogens is 1. The van der Waals surface area contributed by atoms with E-state index in [-0.39, 0.29) is 17.9 Å². The molecule has 5 rings (SSSR count). The molecule has 1 saturated carbocycles. The third-order valence-electron chi connectivity index (χ3n) is 6.85. The molecule has 3 aliphatic rings. The number of hydrogen-bond acceptors (Lipinski definition) is 5. The molecule has 0 bridgehead atoms. The van der Waals surface area contributed by atoms with Gasteiger partial charge in [-0.05, 0) is 81.4 Å². The molecule has 1 unspecified atom stereocenters. The van der Waals surface area contributed by atoms with Crippen molar-refractivity contribution in [3.63, 3.8) is 0 Å². The standard InChI is InChI=1S/C26H33ClN4O2/c27-23-16-19(6-9-24(23)33-22-7-8-22)15-21(18-30-12-3-4-13-30)29-26(32)20-10-14-31(17-20)25-5-1-2-11-28-25/h1-2,5-6,9,11,16,20-22H,3-4,7-8,10,12-15,17-18H2,(H,29,32)/t20-,21?/m1/s1. The van der Waals surface area contributed by atoms with Gasteiger partial charge >= 0.3 is 0 Å². The van der Waals surface area contributed by atoms with Crippen molar-refractivity contribution in [2.24, 2.45) is 5.92 Å². The summed E-state index contributed by atoms with van der Waals surface area (Å²) >= 11 is 6.50. The summed E-state index contributed by atoms with van der Waals surface area (Å²) in [6.07, 6.45) is 8.46. The summed E-state index contributed by atoms with van der Waals surface area (Å²) in [5.41, 5.74) is 1.13. The van der Waals surface area contributed by atoms with Gasteiger partial charge in [0.15, 0.2) is 0 Å². The largest absolute Gasteiger partial charge is 0.489 e. The normalized spacial score (nSPS) is 21.8. The Bertz CT molecular complexity index is 947. The Kier molecular flexibility index (Phi) is 7.02. The van der Waals surface area contributed by atoms with Gasteiger partial charge in [0.2, 0.25) is 5.91 Å². The Morgan fingerprint density at radius 3 is 2.73 bits per heavy atom. The van der Waals surface area contributed by atoms with Crippen LogP contribution < -0.4 is 15.0 Å². The first-order valence-electron chi connectivity index (χ1n) is 12.3. The second-order valence-corrected chi connectivity index (χ2v) is 10.0. The first-order valence-corrected chi connectivity index (χ1v) is 12.7. The molecule has 1 aromatic heterocycles. The van der Waals surface area contributed by atoms with E-state index in [9.17, 15) is 4.79 Å². The number of nitrogens with zero attached hydrogens (tertiary/aromatic N) is 3. The molecular formula is C26H33ClN4O2. The topological polar surface area (TPSA) is 57.7 Å². The van der Waals surface area contributed by atoms with Crippen LogP contribution in [0.15, 0.2) is 42.6 Å².